The minimum Gasteiger partial charge on any atom is -0.495 e. The van der Waals surface area contributed by atoms with E-state index in [1.807, 2.05) is 18.2 Å². The van der Waals surface area contributed by atoms with Gasteiger partial charge in [0.05, 0.1) is 17.7 Å². The van der Waals surface area contributed by atoms with E-state index in [9.17, 15) is 9.59 Å². The first-order chi connectivity index (χ1) is 15.4. The fourth-order valence-electron chi connectivity index (χ4n) is 3.27. The van der Waals surface area contributed by atoms with Crippen LogP contribution in [0.25, 0.3) is 28.2 Å². The zero-order valence-corrected chi connectivity index (χ0v) is 18.4. The number of carbonyl (C=O) groups excluding carboxylic acids is 1. The maximum Gasteiger partial charge on any atom is 0.344 e. The summed E-state index contributed by atoms with van der Waals surface area (Å²) in [6.45, 7) is 0. The number of halogens is 2. The van der Waals surface area contributed by atoms with E-state index in [2.05, 4.69) is 5.32 Å². The van der Waals surface area contributed by atoms with Crippen LogP contribution in [0.15, 0.2) is 82.0 Å². The summed E-state index contributed by atoms with van der Waals surface area (Å²) in [6.07, 6.45) is 2.93. The normalized spacial score (nSPS) is 11.1. The van der Waals surface area contributed by atoms with Gasteiger partial charge >= 0.3 is 5.63 Å². The van der Waals surface area contributed by atoms with Gasteiger partial charge in [-0.25, -0.2) is 4.79 Å². The van der Waals surface area contributed by atoms with E-state index < -0.39 is 5.63 Å². The third-order valence-electron chi connectivity index (χ3n) is 4.76. The quantitative estimate of drug-likeness (QED) is 0.272. The molecule has 4 aromatic rings. The van der Waals surface area contributed by atoms with Gasteiger partial charge in [0, 0.05) is 27.7 Å². The average Bonchev–Trinajstić information content (AvgIpc) is 2.77. The van der Waals surface area contributed by atoms with Crippen LogP contribution in [0.2, 0.25) is 10.0 Å². The zero-order chi connectivity index (χ0) is 22.7. The Labute approximate surface area is 193 Å². The molecule has 3 aromatic carbocycles. The largest absolute Gasteiger partial charge is 0.495 e. The molecule has 4 rings (SSSR count). The molecule has 0 aliphatic carbocycles. The second-order valence-corrected chi connectivity index (χ2v) is 7.74. The van der Waals surface area contributed by atoms with Crippen molar-refractivity contribution < 1.29 is 13.9 Å². The number of amides is 1. The Morgan fingerprint density at radius 2 is 1.78 bits per heavy atom. The highest BCUT2D eigenvalue weighted by atomic mass is 35.5. The summed E-state index contributed by atoms with van der Waals surface area (Å²) >= 11 is 12.1. The smallest absolute Gasteiger partial charge is 0.344 e. The fraction of sp³-hybridized carbons (Fsp3) is 0.0400. The van der Waals surface area contributed by atoms with Crippen LogP contribution in [0.4, 0.5) is 5.69 Å². The lowest BCUT2D eigenvalue weighted by atomic mass is 10.1. The molecule has 0 unspecified atom stereocenters. The highest BCUT2D eigenvalue weighted by molar-refractivity contribution is 6.36. The molecule has 160 valence electrons. The molecule has 0 atom stereocenters. The van der Waals surface area contributed by atoms with Crippen molar-refractivity contribution in [3.8, 4) is 16.9 Å². The Bertz CT molecular complexity index is 1390. The van der Waals surface area contributed by atoms with Gasteiger partial charge in [-0.05, 0) is 48.0 Å². The molecule has 0 spiro atoms. The highest BCUT2D eigenvalue weighted by Gasteiger charge is 2.10. The van der Waals surface area contributed by atoms with Crippen LogP contribution in [0.1, 0.15) is 5.56 Å². The number of rotatable bonds is 5. The van der Waals surface area contributed by atoms with E-state index in [0.717, 1.165) is 5.39 Å². The molecule has 0 aliphatic heterocycles. The number of carbonyl (C=O) groups is 1. The van der Waals surface area contributed by atoms with Gasteiger partial charge < -0.3 is 14.5 Å². The molecule has 0 saturated carbocycles. The topological polar surface area (TPSA) is 68.5 Å². The summed E-state index contributed by atoms with van der Waals surface area (Å²) in [5.74, 6) is 0.0832. The molecule has 1 amide bonds. The van der Waals surface area contributed by atoms with Crippen molar-refractivity contribution in [2.75, 3.05) is 12.4 Å². The van der Waals surface area contributed by atoms with Gasteiger partial charge in [0.1, 0.15) is 11.3 Å². The third kappa shape index (κ3) is 4.69. The van der Waals surface area contributed by atoms with Gasteiger partial charge in [0.2, 0.25) is 5.91 Å². The van der Waals surface area contributed by atoms with E-state index in [1.54, 1.807) is 54.6 Å². The molecule has 0 radical (unpaired) electrons. The third-order valence-corrected chi connectivity index (χ3v) is 5.26. The second-order valence-electron chi connectivity index (χ2n) is 6.90. The number of methoxy groups -OCH3 is 1. The minimum absolute atomic E-state index is 0.346. The lowest BCUT2D eigenvalue weighted by molar-refractivity contribution is -0.111. The standard InChI is InChI=1S/C25H17Cl2NO4/c1-31-24-17(12-18(26)14-21(24)27)8-11-23(29)28-19-9-6-15(7-10-19)20-13-16-4-2-3-5-22(16)32-25(20)30/h2-14H,1H3,(H,28,29)/b11-8+. The number of benzene rings is 3. The van der Waals surface area contributed by atoms with Crippen molar-refractivity contribution in [2.24, 2.45) is 0 Å². The molecule has 5 nitrogen and oxygen atoms in total. The number of ether oxygens (including phenoxy) is 1. The molecule has 0 bridgehead atoms. The summed E-state index contributed by atoms with van der Waals surface area (Å²) in [5.41, 5.74) is 2.41. The predicted octanol–water partition coefficient (Wildman–Crippen LogP) is 6.43. The monoisotopic (exact) mass is 465 g/mol. The number of anilines is 1. The predicted molar refractivity (Wildman–Crippen MR) is 129 cm³/mol. The van der Waals surface area contributed by atoms with Gasteiger partial charge in [0.25, 0.3) is 0 Å². The van der Waals surface area contributed by atoms with Gasteiger partial charge in [0.15, 0.2) is 0 Å². The molecule has 1 aromatic heterocycles. The van der Waals surface area contributed by atoms with Crippen LogP contribution in [0, 0.1) is 0 Å². The molecule has 1 heterocycles. The van der Waals surface area contributed by atoms with Crippen LogP contribution in [-0.4, -0.2) is 13.0 Å². The Morgan fingerprint density at radius 3 is 2.53 bits per heavy atom. The van der Waals surface area contributed by atoms with Crippen molar-refractivity contribution in [2.45, 2.75) is 0 Å². The zero-order valence-electron chi connectivity index (χ0n) is 16.9. The van der Waals surface area contributed by atoms with Crippen molar-refractivity contribution in [1.82, 2.24) is 0 Å². The molecule has 0 aliphatic rings. The number of nitrogens with one attached hydrogen (secondary N) is 1. The molecule has 0 fully saturated rings. The van der Waals surface area contributed by atoms with Crippen LogP contribution >= 0.6 is 23.2 Å². The second kappa shape index (κ2) is 9.30. The summed E-state index contributed by atoms with van der Waals surface area (Å²) in [6, 6.07) is 19.3. The molecule has 32 heavy (non-hydrogen) atoms. The average molecular weight is 466 g/mol. The van der Waals surface area contributed by atoms with E-state index in [1.165, 1.54) is 13.2 Å². The number of fused-ring (bicyclic) bond motifs is 1. The van der Waals surface area contributed by atoms with E-state index >= 15 is 0 Å². The Kier molecular flexibility index (Phi) is 6.30. The van der Waals surface area contributed by atoms with Crippen LogP contribution in [0.5, 0.6) is 5.75 Å². The number of para-hydroxylation sites is 1. The van der Waals surface area contributed by atoms with Crippen molar-refractivity contribution in [1.29, 1.82) is 0 Å². The lowest BCUT2D eigenvalue weighted by Gasteiger charge is -2.08. The molecule has 7 heteroatoms. The first kappa shape index (κ1) is 21.7. The summed E-state index contributed by atoms with van der Waals surface area (Å²) in [4.78, 5) is 24.7. The highest BCUT2D eigenvalue weighted by Crippen LogP contribution is 2.33. The van der Waals surface area contributed by atoms with Gasteiger partial charge in [-0.3, -0.25) is 4.79 Å². The number of hydrogen-bond donors (Lipinski definition) is 1. The van der Waals surface area contributed by atoms with Crippen LogP contribution in [-0.2, 0) is 4.79 Å². The summed E-state index contributed by atoms with van der Waals surface area (Å²) in [7, 11) is 1.49. The summed E-state index contributed by atoms with van der Waals surface area (Å²) < 4.78 is 10.7. The minimum atomic E-state index is -0.419. The Balaban J connectivity index is 1.51. The first-order valence-electron chi connectivity index (χ1n) is 9.60. The fourth-order valence-corrected chi connectivity index (χ4v) is 3.85. The molecular formula is C25H17Cl2NO4. The van der Waals surface area contributed by atoms with Crippen molar-refractivity contribution in [3.63, 3.8) is 0 Å². The lowest BCUT2D eigenvalue weighted by Crippen LogP contribution is -2.08. The maximum absolute atomic E-state index is 12.3. The Morgan fingerprint density at radius 1 is 1.03 bits per heavy atom. The van der Waals surface area contributed by atoms with Gasteiger partial charge in [-0.1, -0.05) is 53.5 Å². The number of hydrogen-bond acceptors (Lipinski definition) is 4. The summed E-state index contributed by atoms with van der Waals surface area (Å²) in [5, 5.41) is 4.39. The van der Waals surface area contributed by atoms with Crippen LogP contribution in [0.3, 0.4) is 0 Å². The van der Waals surface area contributed by atoms with Gasteiger partial charge in [-0.2, -0.15) is 0 Å². The van der Waals surface area contributed by atoms with Crippen LogP contribution < -0.4 is 15.7 Å². The molecular weight excluding hydrogens is 449 g/mol. The molecule has 1 N–H and O–H groups in total. The van der Waals surface area contributed by atoms with Crippen molar-refractivity contribution >= 4 is 51.8 Å². The van der Waals surface area contributed by atoms with E-state index in [-0.39, 0.29) is 5.91 Å². The maximum atomic E-state index is 12.3. The SMILES string of the molecule is COc1c(Cl)cc(Cl)cc1/C=C/C(=O)Nc1ccc(-c2cc3ccccc3oc2=O)cc1. The molecule has 0 saturated heterocycles. The van der Waals surface area contributed by atoms with Gasteiger partial charge in [-0.15, -0.1) is 0 Å². The Hall–Kier alpha value is -3.54. The van der Waals surface area contributed by atoms with E-state index in [0.29, 0.717) is 43.8 Å². The first-order valence-corrected chi connectivity index (χ1v) is 10.4. The van der Waals surface area contributed by atoms with E-state index in [4.69, 9.17) is 32.4 Å². The van der Waals surface area contributed by atoms with Crippen molar-refractivity contribution in [3.05, 3.63) is 98.8 Å².